The summed E-state index contributed by atoms with van der Waals surface area (Å²) >= 11 is 5.89. The topological polar surface area (TPSA) is 35.2 Å². The number of hydrogen-bond donors (Lipinski definition) is 1. The summed E-state index contributed by atoms with van der Waals surface area (Å²) in [6, 6.07) is 7.98. The van der Waals surface area contributed by atoms with Gasteiger partial charge in [-0.1, -0.05) is 30.9 Å². The van der Waals surface area contributed by atoms with Gasteiger partial charge in [0.15, 0.2) is 0 Å². The van der Waals surface area contributed by atoms with Crippen molar-refractivity contribution >= 4 is 11.6 Å². The van der Waals surface area contributed by atoms with E-state index < -0.39 is 0 Å². The van der Waals surface area contributed by atoms with Crippen molar-refractivity contribution in [3.63, 3.8) is 0 Å². The lowest BCUT2D eigenvalue weighted by Crippen LogP contribution is -2.64. The minimum atomic E-state index is 0.248. The van der Waals surface area contributed by atoms with Crippen LogP contribution in [0.2, 0.25) is 5.02 Å². The fraction of sp³-hybridized carbons (Fsp3) is 0.600. The largest absolute Gasteiger partial charge is 0.490 e. The van der Waals surface area contributed by atoms with Gasteiger partial charge in [0.2, 0.25) is 0 Å². The van der Waals surface area contributed by atoms with Gasteiger partial charge in [-0.25, -0.2) is 0 Å². The van der Waals surface area contributed by atoms with Crippen molar-refractivity contribution in [2.24, 2.45) is 11.1 Å². The van der Waals surface area contributed by atoms with Crippen LogP contribution in [0.15, 0.2) is 24.3 Å². The molecule has 0 aliphatic heterocycles. The van der Waals surface area contributed by atoms with Gasteiger partial charge in [-0.05, 0) is 37.1 Å². The zero-order chi connectivity index (χ0) is 12.6. The molecule has 0 heterocycles. The van der Waals surface area contributed by atoms with E-state index >= 15 is 0 Å². The van der Waals surface area contributed by atoms with E-state index in [1.807, 2.05) is 24.3 Å². The molecule has 0 saturated heterocycles. The van der Waals surface area contributed by atoms with Crippen LogP contribution in [-0.2, 0) is 0 Å². The third kappa shape index (κ3) is 2.02. The second kappa shape index (κ2) is 4.75. The highest BCUT2D eigenvalue weighted by atomic mass is 35.5. The second-order valence-electron chi connectivity index (χ2n) is 5.70. The molecular weight excluding hydrogens is 246 g/mol. The first-order chi connectivity index (χ1) is 8.71. The van der Waals surface area contributed by atoms with E-state index in [4.69, 9.17) is 22.1 Å². The molecule has 2 fully saturated rings. The molecule has 3 heteroatoms. The Balaban J connectivity index is 1.71. The summed E-state index contributed by atoms with van der Waals surface area (Å²) in [4.78, 5) is 0. The zero-order valence-electron chi connectivity index (χ0n) is 10.6. The molecule has 0 amide bonds. The van der Waals surface area contributed by atoms with Gasteiger partial charge in [0.25, 0.3) is 0 Å². The van der Waals surface area contributed by atoms with Crippen LogP contribution in [0.5, 0.6) is 5.75 Å². The summed E-state index contributed by atoms with van der Waals surface area (Å²) in [5, 5.41) is 0.750. The molecule has 18 heavy (non-hydrogen) atoms. The molecule has 3 rings (SSSR count). The minimum absolute atomic E-state index is 0.248. The van der Waals surface area contributed by atoms with E-state index in [9.17, 15) is 0 Å². The van der Waals surface area contributed by atoms with Crippen LogP contribution in [0.4, 0.5) is 0 Å². The van der Waals surface area contributed by atoms with Gasteiger partial charge in [-0.3, -0.25) is 0 Å². The molecule has 2 N–H and O–H groups in total. The number of benzene rings is 1. The van der Waals surface area contributed by atoms with E-state index in [2.05, 4.69) is 0 Å². The molecule has 0 radical (unpaired) electrons. The van der Waals surface area contributed by atoms with Crippen molar-refractivity contribution in [2.45, 2.75) is 50.7 Å². The maximum absolute atomic E-state index is 6.26. The van der Waals surface area contributed by atoms with Crippen LogP contribution in [0.25, 0.3) is 0 Å². The quantitative estimate of drug-likeness (QED) is 0.884. The van der Waals surface area contributed by atoms with Crippen LogP contribution < -0.4 is 10.5 Å². The predicted molar refractivity (Wildman–Crippen MR) is 74.0 cm³/mol. The highest BCUT2D eigenvalue weighted by Gasteiger charge is 2.54. The van der Waals surface area contributed by atoms with Gasteiger partial charge in [0.05, 0.1) is 0 Å². The molecule has 0 aromatic heterocycles. The van der Waals surface area contributed by atoms with Gasteiger partial charge in [-0.15, -0.1) is 0 Å². The van der Waals surface area contributed by atoms with Crippen LogP contribution in [0.3, 0.4) is 0 Å². The summed E-state index contributed by atoms with van der Waals surface area (Å²) in [6.07, 6.45) is 7.69. The molecule has 1 aromatic carbocycles. The summed E-state index contributed by atoms with van der Waals surface area (Å²) in [5.41, 5.74) is 6.50. The van der Waals surface area contributed by atoms with E-state index in [1.165, 1.54) is 32.1 Å². The van der Waals surface area contributed by atoms with Crippen LogP contribution in [0.1, 0.15) is 38.5 Å². The number of ether oxygens (including phenoxy) is 1. The molecule has 1 aromatic rings. The third-order valence-corrected chi connectivity index (χ3v) is 4.98. The molecule has 2 saturated carbocycles. The second-order valence-corrected chi connectivity index (χ2v) is 6.13. The zero-order valence-corrected chi connectivity index (χ0v) is 11.3. The minimum Gasteiger partial charge on any atom is -0.490 e. The Morgan fingerprint density at radius 2 is 1.78 bits per heavy atom. The molecule has 2 nitrogen and oxygen atoms in total. The average Bonchev–Trinajstić information content (AvgIpc) is 2.42. The first-order valence-electron chi connectivity index (χ1n) is 6.88. The first-order valence-corrected chi connectivity index (χ1v) is 7.26. The molecule has 0 bridgehead atoms. The van der Waals surface area contributed by atoms with Crippen molar-refractivity contribution in [1.82, 2.24) is 0 Å². The van der Waals surface area contributed by atoms with Crippen molar-refractivity contribution < 1.29 is 4.74 Å². The van der Waals surface area contributed by atoms with Crippen molar-refractivity contribution in [3.05, 3.63) is 29.3 Å². The van der Waals surface area contributed by atoms with Gasteiger partial charge < -0.3 is 10.5 Å². The number of halogens is 1. The Hall–Kier alpha value is -0.730. The summed E-state index contributed by atoms with van der Waals surface area (Å²) < 4.78 is 6.13. The Bertz CT molecular complexity index is 411. The third-order valence-electron chi connectivity index (χ3n) is 4.72. The van der Waals surface area contributed by atoms with Crippen molar-refractivity contribution in [2.75, 3.05) is 0 Å². The van der Waals surface area contributed by atoms with E-state index in [-0.39, 0.29) is 5.41 Å². The smallest absolute Gasteiger partial charge is 0.119 e. The highest BCUT2D eigenvalue weighted by molar-refractivity contribution is 6.30. The van der Waals surface area contributed by atoms with Gasteiger partial charge in [0.1, 0.15) is 11.9 Å². The van der Waals surface area contributed by atoms with Crippen LogP contribution >= 0.6 is 11.6 Å². The van der Waals surface area contributed by atoms with Crippen LogP contribution in [-0.4, -0.2) is 12.1 Å². The van der Waals surface area contributed by atoms with Crippen LogP contribution in [0, 0.1) is 5.41 Å². The molecule has 2 unspecified atom stereocenters. The fourth-order valence-electron chi connectivity index (χ4n) is 3.52. The van der Waals surface area contributed by atoms with Gasteiger partial charge >= 0.3 is 0 Å². The molecular formula is C15H20ClNO. The lowest BCUT2D eigenvalue weighted by atomic mass is 9.55. The monoisotopic (exact) mass is 265 g/mol. The SMILES string of the molecule is NC1CC(Oc2ccc(Cl)cc2)C12CCCCC2. The van der Waals surface area contributed by atoms with Gasteiger partial charge in [0, 0.05) is 22.9 Å². The number of nitrogens with two attached hydrogens (primary N) is 1. The lowest BCUT2D eigenvalue weighted by Gasteiger charge is -2.56. The average molecular weight is 266 g/mol. The molecule has 98 valence electrons. The van der Waals surface area contributed by atoms with Gasteiger partial charge in [-0.2, -0.15) is 0 Å². The summed E-state index contributed by atoms with van der Waals surface area (Å²) in [5.74, 6) is 0.918. The number of rotatable bonds is 2. The Labute approximate surface area is 113 Å². The predicted octanol–water partition coefficient (Wildman–Crippen LogP) is 3.77. The van der Waals surface area contributed by atoms with Crippen molar-refractivity contribution in [1.29, 1.82) is 0 Å². The maximum atomic E-state index is 6.26. The highest BCUT2D eigenvalue weighted by Crippen LogP contribution is 2.52. The lowest BCUT2D eigenvalue weighted by molar-refractivity contribution is -0.0898. The standard InChI is InChI=1S/C15H20ClNO/c16-11-4-6-12(7-5-11)18-14-10-13(17)15(14)8-2-1-3-9-15/h4-7,13-14H,1-3,8-10,17H2. The molecule has 2 atom stereocenters. The summed E-state index contributed by atoms with van der Waals surface area (Å²) in [7, 11) is 0. The molecule has 2 aliphatic rings. The maximum Gasteiger partial charge on any atom is 0.119 e. The Kier molecular flexibility index (Phi) is 3.25. The molecule has 1 spiro atoms. The molecule has 2 aliphatic carbocycles. The van der Waals surface area contributed by atoms with Crippen molar-refractivity contribution in [3.8, 4) is 5.75 Å². The first kappa shape index (κ1) is 12.3. The van der Waals surface area contributed by atoms with E-state index in [1.54, 1.807) is 0 Å². The normalized spacial score (nSPS) is 29.9. The Morgan fingerprint density at radius 1 is 1.11 bits per heavy atom. The van der Waals surface area contributed by atoms with E-state index in [0.29, 0.717) is 12.1 Å². The Morgan fingerprint density at radius 3 is 2.39 bits per heavy atom. The summed E-state index contributed by atoms with van der Waals surface area (Å²) in [6.45, 7) is 0. The number of hydrogen-bond acceptors (Lipinski definition) is 2. The van der Waals surface area contributed by atoms with E-state index in [0.717, 1.165) is 17.2 Å². The fourth-order valence-corrected chi connectivity index (χ4v) is 3.65.